The average molecular weight is 167 g/mol. The van der Waals surface area contributed by atoms with Crippen LogP contribution in [0.25, 0.3) is 0 Å². The summed E-state index contributed by atoms with van der Waals surface area (Å²) < 4.78 is 0. The first-order valence-electron chi connectivity index (χ1n) is 4.83. The minimum atomic E-state index is 0.337. The van der Waals surface area contributed by atoms with Gasteiger partial charge in [0.25, 0.3) is 0 Å². The molecular weight excluding hydrogens is 150 g/mol. The lowest BCUT2D eigenvalue weighted by atomic mass is 9.92. The summed E-state index contributed by atoms with van der Waals surface area (Å²) >= 11 is 0. The molecule has 2 fully saturated rings. The summed E-state index contributed by atoms with van der Waals surface area (Å²) in [6.07, 6.45) is 0. The fourth-order valence-corrected chi connectivity index (χ4v) is 2.78. The number of carbonyl (C=O) groups excluding carboxylic acids is 1. The van der Waals surface area contributed by atoms with E-state index in [9.17, 15) is 4.79 Å². The molecule has 0 aromatic rings. The molecule has 1 heterocycles. The summed E-state index contributed by atoms with van der Waals surface area (Å²) in [6.45, 7) is 6.43. The fourth-order valence-electron chi connectivity index (χ4n) is 2.78. The first-order valence-corrected chi connectivity index (χ1v) is 4.83. The van der Waals surface area contributed by atoms with Crippen molar-refractivity contribution in [3.63, 3.8) is 0 Å². The SMILES string of the molecule is C[C@@H]1[C@@H](C)[C@@H]2CN(C)C[C@@H]1C2=O. The van der Waals surface area contributed by atoms with Crippen molar-refractivity contribution in [3.8, 4) is 0 Å². The lowest BCUT2D eigenvalue weighted by Gasteiger charge is -2.27. The molecule has 2 heteroatoms. The van der Waals surface area contributed by atoms with Gasteiger partial charge in [-0.1, -0.05) is 13.8 Å². The molecule has 4 atom stereocenters. The van der Waals surface area contributed by atoms with E-state index in [-0.39, 0.29) is 0 Å². The molecule has 2 bridgehead atoms. The third-order valence-electron chi connectivity index (χ3n) is 3.85. The van der Waals surface area contributed by atoms with Gasteiger partial charge in [-0.3, -0.25) is 4.79 Å². The molecule has 1 saturated carbocycles. The molecule has 2 rings (SSSR count). The van der Waals surface area contributed by atoms with Crippen molar-refractivity contribution in [2.45, 2.75) is 13.8 Å². The van der Waals surface area contributed by atoms with Crippen LogP contribution < -0.4 is 0 Å². The highest BCUT2D eigenvalue weighted by molar-refractivity contribution is 5.87. The van der Waals surface area contributed by atoms with Gasteiger partial charge in [0, 0.05) is 24.9 Å². The number of hydrogen-bond donors (Lipinski definition) is 0. The highest BCUT2D eigenvalue weighted by Gasteiger charge is 2.48. The maximum absolute atomic E-state index is 11.7. The van der Waals surface area contributed by atoms with Crippen LogP contribution in [0.2, 0.25) is 0 Å². The van der Waals surface area contributed by atoms with Crippen LogP contribution in [0.4, 0.5) is 0 Å². The number of likely N-dealkylation sites (tertiary alicyclic amines) is 1. The second-order valence-corrected chi connectivity index (χ2v) is 4.55. The topological polar surface area (TPSA) is 20.3 Å². The molecule has 0 aromatic carbocycles. The van der Waals surface area contributed by atoms with E-state index < -0.39 is 0 Å². The minimum Gasteiger partial charge on any atom is -0.305 e. The second kappa shape index (κ2) is 2.56. The molecular formula is C10H17NO. The first-order chi connectivity index (χ1) is 5.61. The van der Waals surface area contributed by atoms with Crippen LogP contribution in [-0.2, 0) is 4.79 Å². The van der Waals surface area contributed by atoms with Crippen LogP contribution in [0.15, 0.2) is 0 Å². The smallest absolute Gasteiger partial charge is 0.142 e. The molecule has 1 aliphatic carbocycles. The summed E-state index contributed by atoms with van der Waals surface area (Å²) in [4.78, 5) is 14.0. The van der Waals surface area contributed by atoms with Gasteiger partial charge in [0.15, 0.2) is 0 Å². The van der Waals surface area contributed by atoms with Gasteiger partial charge in [-0.25, -0.2) is 0 Å². The van der Waals surface area contributed by atoms with E-state index in [2.05, 4.69) is 25.8 Å². The Balaban J connectivity index is 2.26. The molecule has 68 valence electrons. The van der Waals surface area contributed by atoms with Crippen molar-refractivity contribution in [3.05, 3.63) is 0 Å². The zero-order valence-corrected chi connectivity index (χ0v) is 8.08. The highest BCUT2D eigenvalue weighted by atomic mass is 16.1. The van der Waals surface area contributed by atoms with Gasteiger partial charge in [-0.15, -0.1) is 0 Å². The summed E-state index contributed by atoms with van der Waals surface area (Å²) in [6, 6.07) is 0. The Kier molecular flexibility index (Phi) is 1.76. The number of carbonyl (C=O) groups is 1. The van der Waals surface area contributed by atoms with Crippen molar-refractivity contribution in [1.29, 1.82) is 0 Å². The van der Waals surface area contributed by atoms with E-state index >= 15 is 0 Å². The lowest BCUT2D eigenvalue weighted by molar-refractivity contribution is -0.127. The Morgan fingerprint density at radius 1 is 1.17 bits per heavy atom. The van der Waals surface area contributed by atoms with E-state index in [1.807, 2.05) is 0 Å². The number of hydrogen-bond acceptors (Lipinski definition) is 2. The van der Waals surface area contributed by atoms with E-state index in [4.69, 9.17) is 0 Å². The highest BCUT2D eigenvalue weighted by Crippen LogP contribution is 2.41. The van der Waals surface area contributed by atoms with Crippen molar-refractivity contribution in [2.24, 2.45) is 23.7 Å². The van der Waals surface area contributed by atoms with Gasteiger partial charge in [0.05, 0.1) is 0 Å². The number of nitrogens with zero attached hydrogens (tertiary/aromatic N) is 1. The van der Waals surface area contributed by atoms with Crippen LogP contribution in [-0.4, -0.2) is 30.8 Å². The molecule has 0 radical (unpaired) electrons. The molecule has 1 aliphatic heterocycles. The normalized spacial score (nSPS) is 48.4. The van der Waals surface area contributed by atoms with Crippen LogP contribution >= 0.6 is 0 Å². The van der Waals surface area contributed by atoms with Crippen LogP contribution in [0.1, 0.15) is 13.8 Å². The summed E-state index contributed by atoms with van der Waals surface area (Å²) in [5, 5.41) is 0. The minimum absolute atomic E-state index is 0.337. The Morgan fingerprint density at radius 3 is 2.00 bits per heavy atom. The maximum Gasteiger partial charge on any atom is 0.142 e. The standard InChI is InChI=1S/C10H17NO/c1-6-7(2)9-5-11(3)4-8(6)10(9)12/h6-9H,4-5H2,1-3H3/t6-,7-,8+,9+/m1/s1. The first kappa shape index (κ1) is 8.24. The van der Waals surface area contributed by atoms with E-state index in [0.29, 0.717) is 29.5 Å². The third-order valence-corrected chi connectivity index (χ3v) is 3.85. The van der Waals surface area contributed by atoms with Crippen LogP contribution in [0, 0.1) is 23.7 Å². The monoisotopic (exact) mass is 167 g/mol. The number of piperidine rings is 1. The maximum atomic E-state index is 11.7. The molecule has 0 N–H and O–H groups in total. The molecule has 2 nitrogen and oxygen atoms in total. The quantitative estimate of drug-likeness (QED) is 0.537. The Bertz CT molecular complexity index is 194. The van der Waals surface area contributed by atoms with Gasteiger partial charge in [0.2, 0.25) is 0 Å². The Hall–Kier alpha value is -0.370. The van der Waals surface area contributed by atoms with Gasteiger partial charge in [-0.05, 0) is 18.9 Å². The third kappa shape index (κ3) is 0.939. The molecule has 2 aliphatic rings. The number of fused-ring (bicyclic) bond motifs is 2. The van der Waals surface area contributed by atoms with E-state index in [1.54, 1.807) is 0 Å². The average Bonchev–Trinajstić information content (AvgIpc) is 2.21. The largest absolute Gasteiger partial charge is 0.305 e. The second-order valence-electron chi connectivity index (χ2n) is 4.55. The van der Waals surface area contributed by atoms with Gasteiger partial charge < -0.3 is 4.90 Å². The molecule has 12 heavy (non-hydrogen) atoms. The van der Waals surface area contributed by atoms with Crippen molar-refractivity contribution >= 4 is 5.78 Å². The predicted molar refractivity (Wildman–Crippen MR) is 47.8 cm³/mol. The van der Waals surface area contributed by atoms with Crippen LogP contribution in [0.5, 0.6) is 0 Å². The zero-order chi connectivity index (χ0) is 8.88. The molecule has 0 aromatic heterocycles. The van der Waals surface area contributed by atoms with Crippen molar-refractivity contribution < 1.29 is 4.79 Å². The van der Waals surface area contributed by atoms with E-state index in [1.165, 1.54) is 0 Å². The van der Waals surface area contributed by atoms with Crippen LogP contribution in [0.3, 0.4) is 0 Å². The summed E-state index contributed by atoms with van der Waals surface area (Å²) in [5.74, 6) is 2.42. The number of rotatable bonds is 0. The summed E-state index contributed by atoms with van der Waals surface area (Å²) in [7, 11) is 2.12. The van der Waals surface area contributed by atoms with Gasteiger partial charge >= 0.3 is 0 Å². The lowest BCUT2D eigenvalue weighted by Crippen LogP contribution is -2.40. The number of ketones is 1. The molecule has 0 amide bonds. The molecule has 0 unspecified atom stereocenters. The van der Waals surface area contributed by atoms with E-state index in [0.717, 1.165) is 13.1 Å². The van der Waals surface area contributed by atoms with Gasteiger partial charge in [-0.2, -0.15) is 0 Å². The fraction of sp³-hybridized carbons (Fsp3) is 0.900. The van der Waals surface area contributed by atoms with Crippen molar-refractivity contribution in [2.75, 3.05) is 20.1 Å². The Morgan fingerprint density at radius 2 is 1.58 bits per heavy atom. The Labute approximate surface area is 73.9 Å². The predicted octanol–water partition coefficient (Wildman–Crippen LogP) is 1.02. The van der Waals surface area contributed by atoms with Crippen molar-refractivity contribution in [1.82, 2.24) is 4.90 Å². The number of Topliss-reactive ketones (excluding diaryl/α,β-unsaturated/α-hetero) is 1. The molecule has 1 saturated heterocycles. The zero-order valence-electron chi connectivity index (χ0n) is 8.08. The summed E-state index contributed by atoms with van der Waals surface area (Å²) in [5.41, 5.74) is 0. The molecule has 0 spiro atoms. The van der Waals surface area contributed by atoms with Gasteiger partial charge in [0.1, 0.15) is 5.78 Å².